The maximum atomic E-state index is 13.2. The molecule has 1 saturated carbocycles. The quantitative estimate of drug-likeness (QED) is 0.0467. The predicted molar refractivity (Wildman–Crippen MR) is 593 cm³/mol. The van der Waals surface area contributed by atoms with Crippen LogP contribution in [-0.4, -0.2) is 155 Å². The number of ether oxygens (including phenoxy) is 2. The van der Waals surface area contributed by atoms with Gasteiger partial charge in [-0.2, -0.15) is 0 Å². The number of hydrogen-bond acceptors (Lipinski definition) is 22. The van der Waals surface area contributed by atoms with Gasteiger partial charge >= 0.3 is 0 Å². The second-order valence-electron chi connectivity index (χ2n) is 37.3. The van der Waals surface area contributed by atoms with Crippen LogP contribution in [0.1, 0.15) is 118 Å². The summed E-state index contributed by atoms with van der Waals surface area (Å²) in [4.78, 5) is 129. The molecule has 28 nitrogen and oxygen atoms in total. The number of aryl methyl sites for hydroxylation is 4. The lowest BCUT2D eigenvalue weighted by atomic mass is 9.99. The van der Waals surface area contributed by atoms with E-state index in [4.69, 9.17) is 79.1 Å². The smallest absolute Gasteiger partial charge is 0.253 e. The SMILES string of the molecule is CC(C)c1ccc2c(=O)c3ccc(Cl)c(Br)c3n(CC(=O)CS(C)(=O)=O)c2c1.CCS(=O)(=O)CC(=O)Cn1c2cc(C)ccc2c(=O)c2ccc(Cl)c(OC)c21.COc1c(Cl)ccc2c(=O)c3ccc(C)cc3n(CC(=O)CS(=O)(=O)C3CC3)c12.Cc1ccc(S(=O)(=O)CC(=O)Cn2c3cc(C(C)C)ccc3c(=O)c3ccc(Cl)c(Cl)c32)cc1.Cc1ccc2c(=O)c3ccc(C(C)C)cc3n(CC(=O)NS(C)(=O)=O)c2c1Cl. The second kappa shape index (κ2) is 45.1. The van der Waals surface area contributed by atoms with Crippen molar-refractivity contribution < 1.29 is 75.5 Å². The number of Topliss-reactive ketones (excluding diaryl/α,β-unsaturated/α-hetero) is 4. The highest BCUT2D eigenvalue weighted by molar-refractivity contribution is 9.10. The number of ketones is 4. The van der Waals surface area contributed by atoms with Crippen LogP contribution in [0.4, 0.5) is 0 Å². The van der Waals surface area contributed by atoms with E-state index in [1.54, 1.807) is 132 Å². The van der Waals surface area contributed by atoms with Crippen molar-refractivity contribution in [3.8, 4) is 11.5 Å². The summed E-state index contributed by atoms with van der Waals surface area (Å²) in [6, 6.07) is 49.6. The van der Waals surface area contributed by atoms with E-state index in [0.717, 1.165) is 51.5 Å². The van der Waals surface area contributed by atoms with Gasteiger partial charge in [0.2, 0.25) is 10.0 Å². The minimum absolute atomic E-state index is 0.0873. The summed E-state index contributed by atoms with van der Waals surface area (Å²) in [6.07, 6.45) is 3.17. The molecule has 1 aliphatic carbocycles. The summed E-state index contributed by atoms with van der Waals surface area (Å²) in [7, 11) is -15.0. The monoisotopic (exact) mass is 2270 g/mol. The van der Waals surface area contributed by atoms with Crippen LogP contribution in [0, 0.1) is 27.7 Å². The molecule has 0 saturated heterocycles. The Morgan fingerprint density at radius 3 is 1.08 bits per heavy atom. The molecule has 0 radical (unpaired) electrons. The molecular weight excluding hydrogens is 2170 g/mol. The van der Waals surface area contributed by atoms with E-state index in [2.05, 4.69) is 15.9 Å². The number of pyridine rings is 5. The fourth-order valence-electron chi connectivity index (χ4n) is 17.4. The van der Waals surface area contributed by atoms with E-state index in [1.165, 1.54) is 39.3 Å². The molecule has 0 bridgehead atoms. The Morgan fingerprint density at radius 2 is 0.694 bits per heavy atom. The van der Waals surface area contributed by atoms with E-state index < -0.39 is 107 Å². The summed E-state index contributed by atoms with van der Waals surface area (Å²) < 4.78 is 142. The molecular formula is C107H103BrCl6N6O22S5. The Bertz CT molecular complexity index is 8990. The number of sulfonamides is 1. The molecule has 16 aromatic rings. The lowest BCUT2D eigenvalue weighted by Gasteiger charge is -2.18. The molecule has 5 aromatic heterocycles. The van der Waals surface area contributed by atoms with Gasteiger partial charge in [0.15, 0.2) is 101 Å². The first kappa shape index (κ1) is 113. The number of fused-ring (bicyclic) bond motifs is 10. The largest absolute Gasteiger partial charge is 0.493 e. The molecule has 40 heteroatoms. The Hall–Kier alpha value is -11.5. The molecule has 11 aromatic carbocycles. The van der Waals surface area contributed by atoms with Crippen LogP contribution in [0.2, 0.25) is 30.1 Å². The van der Waals surface area contributed by atoms with Crippen molar-refractivity contribution in [2.45, 2.75) is 150 Å². The van der Waals surface area contributed by atoms with Crippen molar-refractivity contribution in [3.63, 3.8) is 0 Å². The first-order chi connectivity index (χ1) is 68.9. The number of benzene rings is 11. The normalized spacial score (nSPS) is 12.5. The molecule has 1 N–H and O–H groups in total. The zero-order valence-corrected chi connectivity index (χ0v) is 92.6. The lowest BCUT2D eigenvalue weighted by molar-refractivity contribution is -0.120. The minimum atomic E-state index is -3.83. The van der Waals surface area contributed by atoms with Gasteiger partial charge in [-0.25, -0.2) is 42.1 Å². The average molecular weight is 2280 g/mol. The zero-order chi connectivity index (χ0) is 108. The number of rotatable bonds is 27. The molecule has 5 heterocycles. The molecule has 0 unspecified atom stereocenters. The molecule has 0 atom stereocenters. The van der Waals surface area contributed by atoms with Crippen LogP contribution in [0.25, 0.3) is 109 Å². The molecule has 17 rings (SSSR count). The summed E-state index contributed by atoms with van der Waals surface area (Å²) in [5, 5.41) is 5.38. The van der Waals surface area contributed by atoms with Gasteiger partial charge in [0.05, 0.1) is 157 Å². The number of carbonyl (C=O) groups is 5. The van der Waals surface area contributed by atoms with Crippen LogP contribution >= 0.6 is 85.5 Å². The van der Waals surface area contributed by atoms with Crippen molar-refractivity contribution >= 4 is 273 Å². The summed E-state index contributed by atoms with van der Waals surface area (Å²) >= 11 is 41.5. The van der Waals surface area contributed by atoms with Crippen LogP contribution in [-0.2, 0) is 106 Å². The number of halogens is 7. The van der Waals surface area contributed by atoms with Crippen molar-refractivity contribution in [3.05, 3.63) is 301 Å². The fraction of sp³-hybridized carbons (Fsp3) is 0.290. The average Bonchev–Trinajstić information content (AvgIpc) is 1.51. The molecule has 1 aliphatic rings. The third-order valence-electron chi connectivity index (χ3n) is 25.0. The highest BCUT2D eigenvalue weighted by atomic mass is 79.9. The Morgan fingerprint density at radius 1 is 0.374 bits per heavy atom. The summed E-state index contributed by atoms with van der Waals surface area (Å²) in [5.41, 5.74) is 10.2. The summed E-state index contributed by atoms with van der Waals surface area (Å²) in [5.74, 6) is -3.88. The Labute approximate surface area is 885 Å². The lowest BCUT2D eigenvalue weighted by Crippen LogP contribution is -2.33. The maximum Gasteiger partial charge on any atom is 0.253 e. The topological polar surface area (TPSA) is 397 Å². The molecule has 1 fully saturated rings. The van der Waals surface area contributed by atoms with E-state index in [0.29, 0.717) is 146 Å². The van der Waals surface area contributed by atoms with Gasteiger partial charge in [0.1, 0.15) is 29.6 Å². The van der Waals surface area contributed by atoms with Crippen molar-refractivity contribution in [1.82, 2.24) is 27.6 Å². The van der Waals surface area contributed by atoms with Gasteiger partial charge in [-0.1, -0.05) is 172 Å². The van der Waals surface area contributed by atoms with E-state index in [9.17, 15) is 90.0 Å². The molecule has 772 valence electrons. The van der Waals surface area contributed by atoms with Gasteiger partial charge in [0, 0.05) is 55.1 Å². The van der Waals surface area contributed by atoms with Gasteiger partial charge in [0.25, 0.3) is 5.91 Å². The van der Waals surface area contributed by atoms with E-state index >= 15 is 0 Å². The Kier molecular flexibility index (Phi) is 34.6. The molecule has 1 amide bonds. The number of nitrogens with one attached hydrogen (secondary N) is 1. The first-order valence-corrected chi connectivity index (χ1v) is 58.3. The molecule has 0 spiro atoms. The van der Waals surface area contributed by atoms with Crippen LogP contribution in [0.5, 0.6) is 11.5 Å². The number of nitrogens with zero attached hydrogens (tertiary/aromatic N) is 5. The van der Waals surface area contributed by atoms with Gasteiger partial charge in [-0.15, -0.1) is 0 Å². The van der Waals surface area contributed by atoms with Gasteiger partial charge in [-0.3, -0.25) is 52.7 Å². The number of aromatic nitrogens is 5. The van der Waals surface area contributed by atoms with E-state index in [1.807, 2.05) is 122 Å². The van der Waals surface area contributed by atoms with Crippen molar-refractivity contribution in [1.29, 1.82) is 0 Å². The van der Waals surface area contributed by atoms with Crippen LogP contribution in [0.3, 0.4) is 0 Å². The Balaban J connectivity index is 0.000000154. The number of amides is 1. The van der Waals surface area contributed by atoms with Gasteiger partial charge < -0.3 is 32.3 Å². The minimum Gasteiger partial charge on any atom is -0.493 e. The standard InChI is InChI=1S/C26H23Cl2NO4S.C21H20ClNO5S.C20H19BrClNO4S.C20H21ClN2O4S.C20H20ClNO5S/c1-15(2)17-6-9-20-23(12-17)29(25-21(26(20)31)10-11-22(27)24(25)28)13-18(30)14-34(32,33)19-7-4-16(3)5-8-19;1-12-3-6-15-18(9-12)23(10-13(24)11-29(26,27)14-4-5-14)19-16(20(15)25)7-8-17(22)21(19)28-2;1-11(2)12-4-5-14-17(8-12)23(9-13(24)10-28(3,26)27)19-15(20(14)25)6-7-16(22)18(19)21;1-11(2)13-6-8-14-16(9-13)23(10-17(24)22-28(4,26)27)19-15(20(14)25)7-5-12(3)18(19)21;1-4-28(25,26)11-13(23)10-22-17-9-12(2)5-6-14(17)19(24)15-7-8-16(21)20(27-3)18(15)22/h4-12,15H,13-14H2,1-3H3;3,6-9,14H,4-5,10-11H2,1-2H3;4-8,11H,9-10H2,1-3H3;5-9,11H,10H2,1-4H3,(H,22,24);5-9H,4,10-11H2,1-3H3. The molecule has 0 aliphatic heterocycles. The van der Waals surface area contributed by atoms with Crippen molar-refractivity contribution in [2.24, 2.45) is 0 Å². The van der Waals surface area contributed by atoms with Crippen LogP contribution in [0.15, 0.2) is 209 Å². The predicted octanol–water partition coefficient (Wildman–Crippen LogP) is 20.0. The van der Waals surface area contributed by atoms with Crippen molar-refractivity contribution in [2.75, 3.05) is 55.5 Å². The number of sulfone groups is 4. The number of carbonyl (C=O) groups excluding carboxylic acids is 5. The highest BCUT2D eigenvalue weighted by Gasteiger charge is 2.38. The first-order valence-electron chi connectivity index (χ1n) is 46.1. The van der Waals surface area contributed by atoms with Gasteiger partial charge in [-0.05, 0) is 235 Å². The number of hydrogen-bond donors (Lipinski definition) is 1. The van der Waals surface area contributed by atoms with Crippen LogP contribution < -0.4 is 41.3 Å². The second-order valence-corrected chi connectivity index (χ2v) is 50.9. The maximum absolute atomic E-state index is 13.2. The third kappa shape index (κ3) is 25.0. The fourth-order valence-corrected chi connectivity index (χ4v) is 24.1. The number of methoxy groups -OCH3 is 2. The zero-order valence-electron chi connectivity index (χ0n) is 82.4. The third-order valence-corrected chi connectivity index (χ3v) is 35.2. The highest BCUT2D eigenvalue weighted by Crippen LogP contribution is 2.41. The molecule has 147 heavy (non-hydrogen) atoms. The summed E-state index contributed by atoms with van der Waals surface area (Å²) in [6.45, 7) is 19.9. The van der Waals surface area contributed by atoms with E-state index in [-0.39, 0.29) is 110 Å².